The molecule has 4 heteroatoms. The van der Waals surface area contributed by atoms with Crippen LogP contribution in [-0.4, -0.2) is 17.4 Å². The summed E-state index contributed by atoms with van der Waals surface area (Å²) < 4.78 is 0. The summed E-state index contributed by atoms with van der Waals surface area (Å²) in [5.41, 5.74) is 6.71. The van der Waals surface area contributed by atoms with Crippen LogP contribution in [0.4, 0.5) is 5.69 Å². The number of nitrogens with two attached hydrogens (primary N) is 1. The van der Waals surface area contributed by atoms with E-state index in [0.717, 1.165) is 0 Å². The molecule has 0 unspecified atom stereocenters. The molecule has 0 atom stereocenters. The number of carbonyl (C=O) groups excluding carboxylic acids is 1. The molecule has 90 valence electrons. The number of nitrogens with one attached hydrogen (secondary N) is 2. The predicted molar refractivity (Wildman–Crippen MR) is 66.2 cm³/mol. The Kier molecular flexibility index (Phi) is 3.62. The lowest BCUT2D eigenvalue weighted by atomic mass is 9.81. The van der Waals surface area contributed by atoms with Crippen LogP contribution in [0.3, 0.4) is 0 Å². The molecule has 0 bridgehead atoms. The van der Waals surface area contributed by atoms with E-state index in [2.05, 4.69) is 38.0 Å². The quantitative estimate of drug-likeness (QED) is 0.730. The van der Waals surface area contributed by atoms with E-state index in [1.165, 1.54) is 0 Å². The minimum Gasteiger partial charge on any atom is -0.397 e. The van der Waals surface area contributed by atoms with Gasteiger partial charge in [-0.05, 0) is 17.4 Å². The van der Waals surface area contributed by atoms with Crippen LogP contribution in [0.5, 0.6) is 0 Å². The van der Waals surface area contributed by atoms with Crippen LogP contribution >= 0.6 is 0 Å². The number of anilines is 1. The predicted octanol–water partition coefficient (Wildman–Crippen LogP) is 2.01. The third-order valence-electron chi connectivity index (χ3n) is 3.22. The van der Waals surface area contributed by atoms with Crippen LogP contribution in [0.1, 0.15) is 38.2 Å². The Morgan fingerprint density at radius 2 is 2.19 bits per heavy atom. The maximum Gasteiger partial charge on any atom is 0.267 e. The number of amides is 1. The molecule has 4 N–H and O–H groups in total. The first-order chi connectivity index (χ1) is 7.33. The van der Waals surface area contributed by atoms with E-state index in [9.17, 15) is 4.79 Å². The minimum atomic E-state index is -0.106. The molecule has 0 spiro atoms. The van der Waals surface area contributed by atoms with Crippen molar-refractivity contribution in [2.24, 2.45) is 11.3 Å². The molecule has 0 saturated heterocycles. The molecule has 0 saturated carbocycles. The number of aromatic nitrogens is 1. The number of carbonyl (C=O) groups is 1. The van der Waals surface area contributed by atoms with E-state index < -0.39 is 0 Å². The van der Waals surface area contributed by atoms with Gasteiger partial charge in [0.25, 0.3) is 5.91 Å². The van der Waals surface area contributed by atoms with Crippen LogP contribution in [0.15, 0.2) is 12.3 Å². The third kappa shape index (κ3) is 3.02. The average Bonchev–Trinajstić information content (AvgIpc) is 2.61. The average molecular weight is 223 g/mol. The molecule has 1 heterocycles. The summed E-state index contributed by atoms with van der Waals surface area (Å²) in [6.07, 6.45) is 1.61. The molecule has 0 aliphatic carbocycles. The van der Waals surface area contributed by atoms with Crippen molar-refractivity contribution in [3.05, 3.63) is 18.0 Å². The number of nitrogen functional groups attached to an aromatic ring is 1. The second-order valence-corrected chi connectivity index (χ2v) is 5.17. The lowest BCUT2D eigenvalue weighted by Gasteiger charge is -2.29. The summed E-state index contributed by atoms with van der Waals surface area (Å²) in [4.78, 5) is 14.6. The highest BCUT2D eigenvalue weighted by Gasteiger charge is 2.23. The Morgan fingerprint density at radius 3 is 2.62 bits per heavy atom. The van der Waals surface area contributed by atoms with Crippen LogP contribution in [0.25, 0.3) is 0 Å². The Hall–Kier alpha value is -1.45. The number of H-pyrrole nitrogens is 1. The van der Waals surface area contributed by atoms with E-state index in [-0.39, 0.29) is 11.3 Å². The molecule has 4 nitrogen and oxygen atoms in total. The van der Waals surface area contributed by atoms with Gasteiger partial charge >= 0.3 is 0 Å². The van der Waals surface area contributed by atoms with E-state index in [4.69, 9.17) is 5.73 Å². The second kappa shape index (κ2) is 4.60. The van der Waals surface area contributed by atoms with Crippen LogP contribution < -0.4 is 11.1 Å². The highest BCUT2D eigenvalue weighted by Crippen LogP contribution is 2.24. The largest absolute Gasteiger partial charge is 0.397 e. The van der Waals surface area contributed by atoms with Gasteiger partial charge in [0, 0.05) is 18.4 Å². The fourth-order valence-corrected chi connectivity index (χ4v) is 1.15. The first-order valence-electron chi connectivity index (χ1n) is 5.55. The summed E-state index contributed by atoms with van der Waals surface area (Å²) in [5.74, 6) is 0.409. The van der Waals surface area contributed by atoms with Gasteiger partial charge in [-0.25, -0.2) is 0 Å². The molecule has 1 rings (SSSR count). The summed E-state index contributed by atoms with van der Waals surface area (Å²) in [6.45, 7) is 9.24. The fourth-order valence-electron chi connectivity index (χ4n) is 1.15. The molecule has 0 aliphatic rings. The fraction of sp³-hybridized carbons (Fsp3) is 0.583. The Balaban J connectivity index is 2.54. The molecule has 0 radical (unpaired) electrons. The lowest BCUT2D eigenvalue weighted by molar-refractivity contribution is 0.0920. The molecular formula is C12H21N3O. The molecule has 0 aliphatic heterocycles. The maximum atomic E-state index is 11.7. The normalized spacial score (nSPS) is 11.8. The Labute approximate surface area is 96.6 Å². The lowest BCUT2D eigenvalue weighted by Crippen LogP contribution is -2.37. The van der Waals surface area contributed by atoms with Crippen molar-refractivity contribution in [2.45, 2.75) is 27.7 Å². The molecule has 1 aromatic rings. The van der Waals surface area contributed by atoms with Crippen molar-refractivity contribution >= 4 is 11.6 Å². The number of aromatic amines is 1. The zero-order chi connectivity index (χ0) is 12.3. The summed E-state index contributed by atoms with van der Waals surface area (Å²) in [6, 6.07) is 1.64. The SMILES string of the molecule is CC(C)C(C)(C)CNC(=O)c1cc(N)c[nH]1. The van der Waals surface area contributed by atoms with Gasteiger partial charge in [0.05, 0.1) is 0 Å². The Morgan fingerprint density at radius 1 is 1.56 bits per heavy atom. The standard InChI is InChI=1S/C12H21N3O/c1-8(2)12(3,4)7-15-11(16)10-5-9(13)6-14-10/h5-6,8,14H,7,13H2,1-4H3,(H,15,16). The van der Waals surface area contributed by atoms with Gasteiger partial charge in [-0.2, -0.15) is 0 Å². The van der Waals surface area contributed by atoms with E-state index in [1.807, 2.05) is 0 Å². The monoisotopic (exact) mass is 223 g/mol. The van der Waals surface area contributed by atoms with Crippen molar-refractivity contribution in [2.75, 3.05) is 12.3 Å². The highest BCUT2D eigenvalue weighted by molar-refractivity contribution is 5.93. The van der Waals surface area contributed by atoms with Crippen molar-refractivity contribution < 1.29 is 4.79 Å². The van der Waals surface area contributed by atoms with Crippen LogP contribution in [0.2, 0.25) is 0 Å². The zero-order valence-electron chi connectivity index (χ0n) is 10.4. The molecular weight excluding hydrogens is 202 g/mol. The summed E-state index contributed by atoms with van der Waals surface area (Å²) >= 11 is 0. The Bertz CT molecular complexity index is 366. The van der Waals surface area contributed by atoms with Crippen LogP contribution in [-0.2, 0) is 0 Å². The summed E-state index contributed by atoms with van der Waals surface area (Å²) in [5, 5.41) is 2.91. The van der Waals surface area contributed by atoms with Crippen molar-refractivity contribution in [1.29, 1.82) is 0 Å². The number of hydrogen-bond donors (Lipinski definition) is 3. The van der Waals surface area contributed by atoms with Gasteiger partial charge in [0.2, 0.25) is 0 Å². The first kappa shape index (κ1) is 12.6. The first-order valence-corrected chi connectivity index (χ1v) is 5.55. The second-order valence-electron chi connectivity index (χ2n) is 5.17. The van der Waals surface area contributed by atoms with Gasteiger partial charge in [0.1, 0.15) is 5.69 Å². The van der Waals surface area contributed by atoms with Gasteiger partial charge in [-0.1, -0.05) is 27.7 Å². The summed E-state index contributed by atoms with van der Waals surface area (Å²) in [7, 11) is 0. The van der Waals surface area contributed by atoms with Crippen molar-refractivity contribution in [1.82, 2.24) is 10.3 Å². The topological polar surface area (TPSA) is 70.9 Å². The number of hydrogen-bond acceptors (Lipinski definition) is 2. The molecule has 16 heavy (non-hydrogen) atoms. The van der Waals surface area contributed by atoms with E-state index in [1.54, 1.807) is 12.3 Å². The van der Waals surface area contributed by atoms with Crippen molar-refractivity contribution in [3.8, 4) is 0 Å². The van der Waals surface area contributed by atoms with Crippen molar-refractivity contribution in [3.63, 3.8) is 0 Å². The van der Waals surface area contributed by atoms with E-state index in [0.29, 0.717) is 23.8 Å². The molecule has 0 aromatic carbocycles. The third-order valence-corrected chi connectivity index (χ3v) is 3.22. The molecule has 0 fully saturated rings. The smallest absolute Gasteiger partial charge is 0.267 e. The highest BCUT2D eigenvalue weighted by atomic mass is 16.1. The van der Waals surface area contributed by atoms with Gasteiger partial charge in [-0.15, -0.1) is 0 Å². The number of rotatable bonds is 4. The zero-order valence-corrected chi connectivity index (χ0v) is 10.4. The van der Waals surface area contributed by atoms with Gasteiger partial charge in [-0.3, -0.25) is 4.79 Å². The maximum absolute atomic E-state index is 11.7. The minimum absolute atomic E-state index is 0.0911. The van der Waals surface area contributed by atoms with Gasteiger partial charge in [0.15, 0.2) is 0 Å². The molecule has 1 aromatic heterocycles. The van der Waals surface area contributed by atoms with Crippen LogP contribution in [0, 0.1) is 11.3 Å². The molecule has 1 amide bonds. The van der Waals surface area contributed by atoms with E-state index >= 15 is 0 Å². The van der Waals surface area contributed by atoms with Gasteiger partial charge < -0.3 is 16.0 Å².